The van der Waals surface area contributed by atoms with Crippen molar-refractivity contribution in [2.75, 3.05) is 43.4 Å². The number of benzene rings is 1. The van der Waals surface area contributed by atoms with E-state index in [0.717, 1.165) is 36.0 Å². The van der Waals surface area contributed by atoms with E-state index in [1.165, 1.54) is 17.4 Å². The lowest BCUT2D eigenvalue weighted by Crippen LogP contribution is -2.44. The number of halogens is 3. The fourth-order valence-corrected chi connectivity index (χ4v) is 4.31. The van der Waals surface area contributed by atoms with Crippen molar-refractivity contribution in [2.45, 2.75) is 26.4 Å². The number of alkyl halides is 3. The predicted molar refractivity (Wildman–Crippen MR) is 108 cm³/mol. The van der Waals surface area contributed by atoms with Gasteiger partial charge in [-0.1, -0.05) is 6.92 Å². The Hall–Kier alpha value is -2.06. The zero-order chi connectivity index (χ0) is 20.5. The number of carbonyl (C=O) groups is 1. The summed E-state index contributed by atoms with van der Waals surface area (Å²) in [5, 5.41) is 2.46. The Bertz CT molecular complexity index is 855. The second kappa shape index (κ2) is 8.13. The summed E-state index contributed by atoms with van der Waals surface area (Å²) in [4.78, 5) is 18.1. The summed E-state index contributed by atoms with van der Waals surface area (Å²) in [6, 6.07) is 5.87. The van der Waals surface area contributed by atoms with Crippen molar-refractivity contribution in [1.82, 2.24) is 4.90 Å². The molecule has 152 valence electrons. The van der Waals surface area contributed by atoms with Crippen molar-refractivity contribution >= 4 is 28.6 Å². The van der Waals surface area contributed by atoms with Gasteiger partial charge in [0.05, 0.1) is 16.1 Å². The van der Waals surface area contributed by atoms with Crippen LogP contribution in [-0.2, 0) is 12.6 Å². The summed E-state index contributed by atoms with van der Waals surface area (Å²) in [5.41, 5.74) is 0.485. The van der Waals surface area contributed by atoms with Crippen LogP contribution in [0.25, 0.3) is 0 Å². The Morgan fingerprint density at radius 2 is 1.86 bits per heavy atom. The fraction of sp³-hybridized carbons (Fsp3) is 0.450. The van der Waals surface area contributed by atoms with Gasteiger partial charge in [-0.3, -0.25) is 4.79 Å². The third-order valence-electron chi connectivity index (χ3n) is 4.99. The lowest BCUT2D eigenvalue weighted by atomic mass is 10.1. The van der Waals surface area contributed by atoms with Crippen LogP contribution in [0.4, 0.5) is 24.5 Å². The number of hydrogen-bond acceptors (Lipinski definition) is 4. The molecule has 0 aliphatic carbocycles. The number of carbonyl (C=O) groups excluding carboxylic acids is 1. The van der Waals surface area contributed by atoms with Crippen LogP contribution in [0.2, 0.25) is 0 Å². The highest BCUT2D eigenvalue weighted by Crippen LogP contribution is 2.38. The van der Waals surface area contributed by atoms with Crippen LogP contribution in [0, 0.1) is 6.92 Å². The maximum absolute atomic E-state index is 13.7. The molecule has 0 radical (unpaired) electrons. The van der Waals surface area contributed by atoms with E-state index >= 15 is 0 Å². The largest absolute Gasteiger partial charge is 0.418 e. The first kappa shape index (κ1) is 20.7. The van der Waals surface area contributed by atoms with Crippen LogP contribution in [-0.4, -0.2) is 44.0 Å². The van der Waals surface area contributed by atoms with Crippen LogP contribution in [0.5, 0.6) is 0 Å². The van der Waals surface area contributed by atoms with Crippen molar-refractivity contribution in [3.63, 3.8) is 0 Å². The molecule has 1 amide bonds. The molecule has 28 heavy (non-hydrogen) atoms. The molecular formula is C20H24F3N3OS. The summed E-state index contributed by atoms with van der Waals surface area (Å²) < 4.78 is 41.0. The molecule has 1 aliphatic heterocycles. The summed E-state index contributed by atoms with van der Waals surface area (Å²) in [6.07, 6.45) is -3.76. The Balaban J connectivity index is 1.86. The van der Waals surface area contributed by atoms with Crippen molar-refractivity contribution in [3.05, 3.63) is 45.1 Å². The summed E-state index contributed by atoms with van der Waals surface area (Å²) >= 11 is 1.32. The number of rotatable bonds is 4. The molecule has 1 saturated heterocycles. The van der Waals surface area contributed by atoms with Crippen molar-refractivity contribution < 1.29 is 18.0 Å². The van der Waals surface area contributed by atoms with E-state index in [1.54, 1.807) is 12.1 Å². The molecule has 2 aromatic rings. The smallest absolute Gasteiger partial charge is 0.369 e. The van der Waals surface area contributed by atoms with Gasteiger partial charge in [0.15, 0.2) is 0 Å². The molecule has 1 aliphatic rings. The van der Waals surface area contributed by atoms with E-state index in [4.69, 9.17) is 0 Å². The molecule has 8 heteroatoms. The van der Waals surface area contributed by atoms with Gasteiger partial charge >= 0.3 is 6.18 Å². The molecular weight excluding hydrogens is 387 g/mol. The normalized spacial score (nSPS) is 15.7. The van der Waals surface area contributed by atoms with Gasteiger partial charge in [-0.2, -0.15) is 13.2 Å². The minimum atomic E-state index is -4.55. The van der Waals surface area contributed by atoms with Gasteiger partial charge in [-0.25, -0.2) is 0 Å². The topological polar surface area (TPSA) is 35.6 Å². The quantitative estimate of drug-likeness (QED) is 0.796. The number of aryl methyl sites for hydroxylation is 2. The van der Waals surface area contributed by atoms with E-state index < -0.39 is 17.6 Å². The molecule has 1 aromatic heterocycles. The zero-order valence-corrected chi connectivity index (χ0v) is 17.0. The molecule has 2 heterocycles. The third kappa shape index (κ3) is 4.50. The van der Waals surface area contributed by atoms with E-state index in [1.807, 2.05) is 25.8 Å². The van der Waals surface area contributed by atoms with Crippen LogP contribution in [0.15, 0.2) is 24.3 Å². The van der Waals surface area contributed by atoms with Gasteiger partial charge in [0.1, 0.15) is 0 Å². The fourth-order valence-electron chi connectivity index (χ4n) is 3.30. The number of amides is 1. The molecule has 0 atom stereocenters. The highest BCUT2D eigenvalue weighted by molar-refractivity contribution is 7.14. The standard InChI is InChI=1S/C20H24F3N3OS/c1-4-17-13(2)11-18(28-17)19(27)24-16-6-5-14(12-15(16)20(21,22)23)26-9-7-25(3)8-10-26/h5-6,11-12H,4,7-10H2,1-3H3,(H,24,27). The lowest BCUT2D eigenvalue weighted by Gasteiger charge is -2.34. The van der Waals surface area contributed by atoms with Gasteiger partial charge in [0.25, 0.3) is 5.91 Å². The van der Waals surface area contributed by atoms with Crippen molar-refractivity contribution in [2.24, 2.45) is 0 Å². The van der Waals surface area contributed by atoms with Gasteiger partial charge in [0, 0.05) is 36.7 Å². The summed E-state index contributed by atoms with van der Waals surface area (Å²) in [7, 11) is 1.99. The second-order valence-corrected chi connectivity index (χ2v) is 8.18. The van der Waals surface area contributed by atoms with Gasteiger partial charge in [-0.15, -0.1) is 11.3 Å². The Labute approximate surface area is 167 Å². The first-order chi connectivity index (χ1) is 13.2. The molecule has 0 bridgehead atoms. The number of thiophene rings is 1. The van der Waals surface area contributed by atoms with E-state index in [-0.39, 0.29) is 5.69 Å². The lowest BCUT2D eigenvalue weighted by molar-refractivity contribution is -0.136. The highest BCUT2D eigenvalue weighted by atomic mass is 32.1. The average Bonchev–Trinajstić information content (AvgIpc) is 3.03. The molecule has 4 nitrogen and oxygen atoms in total. The van der Waals surface area contributed by atoms with Crippen molar-refractivity contribution in [3.8, 4) is 0 Å². The van der Waals surface area contributed by atoms with Crippen LogP contribution in [0.1, 0.15) is 32.6 Å². The number of nitrogens with one attached hydrogen (secondary N) is 1. The number of nitrogens with zero attached hydrogens (tertiary/aromatic N) is 2. The van der Waals surface area contributed by atoms with Gasteiger partial charge in [0.2, 0.25) is 0 Å². The average molecular weight is 411 g/mol. The summed E-state index contributed by atoms with van der Waals surface area (Å²) in [5.74, 6) is -0.509. The molecule has 1 aromatic carbocycles. The predicted octanol–water partition coefficient (Wildman–Crippen LogP) is 4.64. The Kier molecular flexibility index (Phi) is 6.00. The number of likely N-dealkylation sites (N-methyl/N-ethyl adjacent to an activating group) is 1. The van der Waals surface area contributed by atoms with Crippen LogP contribution >= 0.6 is 11.3 Å². The molecule has 0 spiro atoms. The van der Waals surface area contributed by atoms with Gasteiger partial charge in [-0.05, 0) is 50.2 Å². The molecule has 1 fully saturated rings. The zero-order valence-electron chi connectivity index (χ0n) is 16.2. The highest BCUT2D eigenvalue weighted by Gasteiger charge is 2.35. The maximum Gasteiger partial charge on any atom is 0.418 e. The molecule has 3 rings (SSSR count). The monoisotopic (exact) mass is 411 g/mol. The number of anilines is 2. The first-order valence-electron chi connectivity index (χ1n) is 9.24. The molecule has 1 N–H and O–H groups in total. The van der Waals surface area contributed by atoms with E-state index in [9.17, 15) is 18.0 Å². The van der Waals surface area contributed by atoms with Gasteiger partial charge < -0.3 is 15.1 Å². The number of hydrogen-bond donors (Lipinski definition) is 1. The number of piperazine rings is 1. The van der Waals surface area contributed by atoms with Crippen LogP contribution in [0.3, 0.4) is 0 Å². The van der Waals surface area contributed by atoms with E-state index in [0.29, 0.717) is 23.7 Å². The van der Waals surface area contributed by atoms with Crippen molar-refractivity contribution in [1.29, 1.82) is 0 Å². The SMILES string of the molecule is CCc1sc(C(=O)Nc2ccc(N3CCN(C)CC3)cc2C(F)(F)F)cc1C. The maximum atomic E-state index is 13.7. The van der Waals surface area contributed by atoms with E-state index in [2.05, 4.69) is 10.2 Å². The Morgan fingerprint density at radius 3 is 2.43 bits per heavy atom. The summed E-state index contributed by atoms with van der Waals surface area (Å²) in [6.45, 7) is 6.84. The third-order valence-corrected chi connectivity index (χ3v) is 6.37. The minimum absolute atomic E-state index is 0.209. The van der Waals surface area contributed by atoms with Crippen LogP contribution < -0.4 is 10.2 Å². The molecule has 0 saturated carbocycles. The first-order valence-corrected chi connectivity index (χ1v) is 10.1. The minimum Gasteiger partial charge on any atom is -0.369 e. The molecule has 0 unspecified atom stereocenters. The Morgan fingerprint density at radius 1 is 1.18 bits per heavy atom. The second-order valence-electron chi connectivity index (χ2n) is 7.04.